The number of benzene rings is 1. The first kappa shape index (κ1) is 13.5. The average Bonchev–Trinajstić information content (AvgIpc) is 2.41. The number of ether oxygens (including phenoxy) is 2. The normalized spacial score (nSPS) is 21.8. The van der Waals surface area contributed by atoms with Gasteiger partial charge < -0.3 is 14.8 Å². The molecule has 3 nitrogen and oxygen atoms in total. The van der Waals surface area contributed by atoms with Crippen LogP contribution in [0.5, 0.6) is 0 Å². The first-order valence-electron chi connectivity index (χ1n) is 6.63. The Morgan fingerprint density at radius 2 is 2.11 bits per heavy atom. The lowest BCUT2D eigenvalue weighted by Gasteiger charge is -2.30. The zero-order valence-corrected chi connectivity index (χ0v) is 11.5. The van der Waals surface area contributed by atoms with Crippen molar-refractivity contribution in [1.29, 1.82) is 0 Å². The smallest absolute Gasteiger partial charge is 0.0965 e. The molecule has 0 aliphatic carbocycles. The number of hydrogen-bond donors (Lipinski definition) is 1. The fourth-order valence-corrected chi connectivity index (χ4v) is 2.34. The minimum absolute atomic E-state index is 0.158. The molecule has 2 rings (SSSR count). The Bertz CT molecular complexity index is 386. The van der Waals surface area contributed by atoms with E-state index in [2.05, 4.69) is 37.4 Å². The highest BCUT2D eigenvalue weighted by Crippen LogP contribution is 2.15. The molecule has 1 fully saturated rings. The Morgan fingerprint density at radius 1 is 1.28 bits per heavy atom. The van der Waals surface area contributed by atoms with Crippen LogP contribution in [0, 0.1) is 13.8 Å². The van der Waals surface area contributed by atoms with E-state index < -0.39 is 0 Å². The predicted molar refractivity (Wildman–Crippen MR) is 73.0 cm³/mol. The van der Waals surface area contributed by atoms with Crippen LogP contribution in [-0.2, 0) is 15.9 Å². The Hall–Kier alpha value is -0.900. The van der Waals surface area contributed by atoms with Crippen LogP contribution in [0.2, 0.25) is 0 Å². The van der Waals surface area contributed by atoms with Crippen molar-refractivity contribution in [2.75, 3.05) is 26.9 Å². The predicted octanol–water partition coefficient (Wildman–Crippen LogP) is 1.85. The summed E-state index contributed by atoms with van der Waals surface area (Å²) in [6.07, 6.45) is 1.14. The second-order valence-corrected chi connectivity index (χ2v) is 5.00. The highest BCUT2D eigenvalue weighted by atomic mass is 16.6. The summed E-state index contributed by atoms with van der Waals surface area (Å²) in [6.45, 7) is 6.42. The number of hydrogen-bond acceptors (Lipinski definition) is 3. The number of likely N-dealkylation sites (N-methyl/N-ethyl adjacent to an activating group) is 1. The molecule has 1 aromatic carbocycles. The van der Waals surface area contributed by atoms with Crippen molar-refractivity contribution in [3.05, 3.63) is 34.9 Å². The molecule has 1 aliphatic heterocycles. The second kappa shape index (κ2) is 6.32. The van der Waals surface area contributed by atoms with Gasteiger partial charge in [-0.2, -0.15) is 0 Å². The van der Waals surface area contributed by atoms with Crippen molar-refractivity contribution >= 4 is 0 Å². The average molecular weight is 249 g/mol. The van der Waals surface area contributed by atoms with E-state index in [1.807, 2.05) is 7.05 Å². The van der Waals surface area contributed by atoms with Crippen LogP contribution in [0.25, 0.3) is 0 Å². The third-order valence-electron chi connectivity index (χ3n) is 3.69. The molecule has 0 radical (unpaired) electrons. The van der Waals surface area contributed by atoms with E-state index in [-0.39, 0.29) is 6.10 Å². The maximum atomic E-state index is 5.77. The first-order chi connectivity index (χ1) is 8.70. The molecule has 1 aliphatic rings. The summed E-state index contributed by atoms with van der Waals surface area (Å²) in [6, 6.07) is 6.97. The summed E-state index contributed by atoms with van der Waals surface area (Å²) in [4.78, 5) is 0. The van der Waals surface area contributed by atoms with Crippen LogP contribution in [0.4, 0.5) is 0 Å². The lowest BCUT2D eigenvalue weighted by Crippen LogP contribution is -2.46. The van der Waals surface area contributed by atoms with E-state index in [0.717, 1.165) is 13.0 Å². The van der Waals surface area contributed by atoms with Crippen LogP contribution < -0.4 is 5.32 Å². The molecular formula is C15H23NO2. The van der Waals surface area contributed by atoms with Crippen LogP contribution >= 0.6 is 0 Å². The Balaban J connectivity index is 2.02. The summed E-state index contributed by atoms with van der Waals surface area (Å²) >= 11 is 0. The van der Waals surface area contributed by atoms with Crippen molar-refractivity contribution in [2.45, 2.75) is 32.4 Å². The fraction of sp³-hybridized carbons (Fsp3) is 0.600. The minimum Gasteiger partial charge on any atom is -0.376 e. The largest absolute Gasteiger partial charge is 0.376 e. The van der Waals surface area contributed by atoms with Gasteiger partial charge in [0, 0.05) is 6.04 Å². The zero-order chi connectivity index (χ0) is 13.0. The van der Waals surface area contributed by atoms with Gasteiger partial charge in [0.15, 0.2) is 0 Å². The molecule has 1 aromatic rings. The molecule has 0 spiro atoms. The van der Waals surface area contributed by atoms with Gasteiger partial charge in [-0.25, -0.2) is 0 Å². The molecule has 0 saturated carbocycles. The number of aryl methyl sites for hydroxylation is 2. The topological polar surface area (TPSA) is 30.5 Å². The minimum atomic E-state index is 0.158. The van der Waals surface area contributed by atoms with Crippen LogP contribution in [0.1, 0.15) is 16.7 Å². The fourth-order valence-electron chi connectivity index (χ4n) is 2.34. The zero-order valence-electron chi connectivity index (χ0n) is 11.5. The van der Waals surface area contributed by atoms with Crippen molar-refractivity contribution in [2.24, 2.45) is 0 Å². The SMILES string of the molecule is CNC(Cc1ccc(C)c(C)c1)C1COCCO1. The molecule has 18 heavy (non-hydrogen) atoms. The van der Waals surface area contributed by atoms with Gasteiger partial charge in [-0.05, 0) is 44.0 Å². The highest BCUT2D eigenvalue weighted by Gasteiger charge is 2.24. The lowest BCUT2D eigenvalue weighted by molar-refractivity contribution is -0.100. The molecule has 3 heteroatoms. The molecule has 1 saturated heterocycles. The van der Waals surface area contributed by atoms with Gasteiger partial charge in [-0.1, -0.05) is 18.2 Å². The standard InChI is InChI=1S/C15H23NO2/c1-11-4-5-13(8-12(11)2)9-14(16-3)15-10-17-6-7-18-15/h4-5,8,14-16H,6-7,9-10H2,1-3H3. The van der Waals surface area contributed by atoms with Gasteiger partial charge in [-0.15, -0.1) is 0 Å². The first-order valence-corrected chi connectivity index (χ1v) is 6.63. The van der Waals surface area contributed by atoms with Crippen LogP contribution in [0.15, 0.2) is 18.2 Å². The van der Waals surface area contributed by atoms with Gasteiger partial charge in [0.1, 0.15) is 0 Å². The van der Waals surface area contributed by atoms with Gasteiger partial charge in [0.25, 0.3) is 0 Å². The summed E-state index contributed by atoms with van der Waals surface area (Å²) in [5, 5.41) is 3.35. The van der Waals surface area contributed by atoms with E-state index in [0.29, 0.717) is 19.3 Å². The third kappa shape index (κ3) is 3.31. The van der Waals surface area contributed by atoms with E-state index >= 15 is 0 Å². The van der Waals surface area contributed by atoms with E-state index in [9.17, 15) is 0 Å². The summed E-state index contributed by atoms with van der Waals surface area (Å²) in [5.74, 6) is 0. The van der Waals surface area contributed by atoms with Crippen LogP contribution in [0.3, 0.4) is 0 Å². The van der Waals surface area contributed by atoms with Crippen molar-refractivity contribution < 1.29 is 9.47 Å². The summed E-state index contributed by atoms with van der Waals surface area (Å²) in [5.41, 5.74) is 4.05. The molecule has 0 amide bonds. The number of rotatable bonds is 4. The van der Waals surface area contributed by atoms with E-state index in [1.165, 1.54) is 16.7 Å². The number of nitrogens with one attached hydrogen (secondary N) is 1. The van der Waals surface area contributed by atoms with Crippen molar-refractivity contribution in [3.8, 4) is 0 Å². The van der Waals surface area contributed by atoms with E-state index in [1.54, 1.807) is 0 Å². The van der Waals surface area contributed by atoms with Crippen molar-refractivity contribution in [3.63, 3.8) is 0 Å². The summed E-state index contributed by atoms with van der Waals surface area (Å²) < 4.78 is 11.3. The highest BCUT2D eigenvalue weighted by molar-refractivity contribution is 5.30. The molecule has 2 atom stereocenters. The Labute approximate surface area is 109 Å². The maximum Gasteiger partial charge on any atom is 0.0965 e. The Kier molecular flexibility index (Phi) is 4.75. The van der Waals surface area contributed by atoms with Gasteiger partial charge in [0.05, 0.1) is 25.9 Å². The molecule has 0 aromatic heterocycles. The van der Waals surface area contributed by atoms with E-state index in [4.69, 9.17) is 9.47 Å². The molecule has 100 valence electrons. The third-order valence-corrected chi connectivity index (χ3v) is 3.69. The maximum absolute atomic E-state index is 5.77. The summed E-state index contributed by atoms with van der Waals surface area (Å²) in [7, 11) is 1.99. The quantitative estimate of drug-likeness (QED) is 0.883. The van der Waals surface area contributed by atoms with Gasteiger partial charge in [-0.3, -0.25) is 0 Å². The lowest BCUT2D eigenvalue weighted by atomic mass is 9.98. The molecule has 1 heterocycles. The van der Waals surface area contributed by atoms with Gasteiger partial charge >= 0.3 is 0 Å². The van der Waals surface area contributed by atoms with Crippen LogP contribution in [-0.4, -0.2) is 39.0 Å². The molecule has 2 unspecified atom stereocenters. The van der Waals surface area contributed by atoms with Gasteiger partial charge in [0.2, 0.25) is 0 Å². The molecule has 1 N–H and O–H groups in total. The monoisotopic (exact) mass is 249 g/mol. The second-order valence-electron chi connectivity index (χ2n) is 5.00. The molecule has 0 bridgehead atoms. The Morgan fingerprint density at radius 3 is 2.72 bits per heavy atom. The molecular weight excluding hydrogens is 226 g/mol. The van der Waals surface area contributed by atoms with Crippen molar-refractivity contribution in [1.82, 2.24) is 5.32 Å².